The van der Waals surface area contributed by atoms with Gasteiger partial charge in [-0.1, -0.05) is 12.1 Å². The minimum Gasteiger partial charge on any atom is -0.341 e. The first-order valence-corrected chi connectivity index (χ1v) is 5.78. The molecule has 0 radical (unpaired) electrons. The second kappa shape index (κ2) is 3.79. The molecule has 4 heteroatoms. The van der Waals surface area contributed by atoms with Crippen molar-refractivity contribution in [3.8, 4) is 0 Å². The lowest BCUT2D eigenvalue weighted by Gasteiger charge is -2.30. The van der Waals surface area contributed by atoms with Gasteiger partial charge in [-0.25, -0.2) is 4.98 Å². The van der Waals surface area contributed by atoms with Crippen LogP contribution in [-0.4, -0.2) is 29.1 Å². The number of nitrogens with zero attached hydrogens (tertiary/aromatic N) is 2. The summed E-state index contributed by atoms with van der Waals surface area (Å²) in [6, 6.07) is 8.39. The third-order valence-corrected chi connectivity index (χ3v) is 3.13. The summed E-state index contributed by atoms with van der Waals surface area (Å²) in [6.45, 7) is 1.95. The largest absolute Gasteiger partial charge is 0.341 e. The van der Waals surface area contributed by atoms with Crippen LogP contribution in [0.15, 0.2) is 24.3 Å². The van der Waals surface area contributed by atoms with Gasteiger partial charge in [0, 0.05) is 19.1 Å². The quantitative estimate of drug-likeness (QED) is 0.759. The van der Waals surface area contributed by atoms with Crippen LogP contribution in [0.3, 0.4) is 0 Å². The predicted octanol–water partition coefficient (Wildman–Crippen LogP) is 1.49. The van der Waals surface area contributed by atoms with Crippen molar-refractivity contribution < 1.29 is 0 Å². The molecule has 1 aromatic carbocycles. The van der Waals surface area contributed by atoms with E-state index in [2.05, 4.69) is 20.9 Å². The van der Waals surface area contributed by atoms with Crippen LogP contribution in [0.5, 0.6) is 0 Å². The zero-order valence-corrected chi connectivity index (χ0v) is 9.19. The molecule has 16 heavy (non-hydrogen) atoms. The molecule has 0 unspecified atom stereocenters. The number of imidazole rings is 1. The highest BCUT2D eigenvalue weighted by Crippen LogP contribution is 2.20. The van der Waals surface area contributed by atoms with E-state index in [0.29, 0.717) is 0 Å². The molecule has 0 bridgehead atoms. The fourth-order valence-corrected chi connectivity index (χ4v) is 2.29. The highest BCUT2D eigenvalue weighted by atomic mass is 15.3. The van der Waals surface area contributed by atoms with E-state index >= 15 is 0 Å². The first kappa shape index (κ1) is 9.66. The number of nitrogens with two attached hydrogens (primary N) is 1. The van der Waals surface area contributed by atoms with E-state index in [4.69, 9.17) is 5.73 Å². The van der Waals surface area contributed by atoms with Crippen molar-refractivity contribution in [1.82, 2.24) is 9.97 Å². The molecule has 1 atom stereocenters. The number of benzene rings is 1. The molecule has 0 spiro atoms. The van der Waals surface area contributed by atoms with Crippen molar-refractivity contribution in [2.75, 3.05) is 18.0 Å². The van der Waals surface area contributed by atoms with E-state index in [1.807, 2.05) is 18.2 Å². The zero-order valence-electron chi connectivity index (χ0n) is 9.19. The van der Waals surface area contributed by atoms with E-state index in [1.54, 1.807) is 0 Å². The first-order chi connectivity index (χ1) is 7.83. The lowest BCUT2D eigenvalue weighted by Crippen LogP contribution is -2.43. The summed E-state index contributed by atoms with van der Waals surface area (Å²) < 4.78 is 0. The Kier molecular flexibility index (Phi) is 2.29. The lowest BCUT2D eigenvalue weighted by molar-refractivity contribution is 0.501. The molecular formula is C12H16N4. The molecule has 0 saturated carbocycles. The molecule has 3 N–H and O–H groups in total. The molecule has 0 amide bonds. The third kappa shape index (κ3) is 1.65. The highest BCUT2D eigenvalue weighted by molar-refractivity contribution is 5.77. The van der Waals surface area contributed by atoms with Gasteiger partial charge in [0.05, 0.1) is 11.0 Å². The maximum absolute atomic E-state index is 5.97. The summed E-state index contributed by atoms with van der Waals surface area (Å²) in [4.78, 5) is 10.2. The highest BCUT2D eigenvalue weighted by Gasteiger charge is 2.19. The number of fused-ring (bicyclic) bond motifs is 1. The van der Waals surface area contributed by atoms with Crippen LogP contribution in [0.25, 0.3) is 11.0 Å². The third-order valence-electron chi connectivity index (χ3n) is 3.13. The molecule has 4 nitrogen and oxygen atoms in total. The van der Waals surface area contributed by atoms with Crippen molar-refractivity contribution in [2.45, 2.75) is 18.9 Å². The van der Waals surface area contributed by atoms with Crippen LogP contribution in [0.2, 0.25) is 0 Å². The van der Waals surface area contributed by atoms with Gasteiger partial charge in [0.25, 0.3) is 0 Å². The molecule has 1 aliphatic rings. The van der Waals surface area contributed by atoms with Crippen LogP contribution in [0.1, 0.15) is 12.8 Å². The van der Waals surface area contributed by atoms with Gasteiger partial charge in [0.15, 0.2) is 0 Å². The SMILES string of the molecule is N[C@@H]1CCCN(c2nc3ccccc3[nH]2)C1. The molecule has 0 aliphatic carbocycles. The Morgan fingerprint density at radius 2 is 2.25 bits per heavy atom. The van der Waals surface area contributed by atoms with E-state index in [9.17, 15) is 0 Å². The molecule has 84 valence electrons. The maximum atomic E-state index is 5.97. The van der Waals surface area contributed by atoms with Gasteiger partial charge in [0.1, 0.15) is 0 Å². The summed E-state index contributed by atoms with van der Waals surface area (Å²) in [7, 11) is 0. The number of anilines is 1. The van der Waals surface area contributed by atoms with Gasteiger partial charge in [-0.2, -0.15) is 0 Å². The van der Waals surface area contributed by atoms with Gasteiger partial charge in [0.2, 0.25) is 5.95 Å². The van der Waals surface area contributed by atoms with Crippen molar-refractivity contribution in [2.24, 2.45) is 5.73 Å². The minimum atomic E-state index is 0.280. The van der Waals surface area contributed by atoms with Crippen LogP contribution in [-0.2, 0) is 0 Å². The van der Waals surface area contributed by atoms with Crippen molar-refractivity contribution in [1.29, 1.82) is 0 Å². The van der Waals surface area contributed by atoms with Crippen molar-refractivity contribution in [3.63, 3.8) is 0 Å². The predicted molar refractivity (Wildman–Crippen MR) is 65.5 cm³/mol. The molecule has 1 fully saturated rings. The number of hydrogen-bond acceptors (Lipinski definition) is 3. The summed E-state index contributed by atoms with van der Waals surface area (Å²) >= 11 is 0. The summed E-state index contributed by atoms with van der Waals surface area (Å²) in [6.07, 6.45) is 2.27. The molecule has 1 aliphatic heterocycles. The number of rotatable bonds is 1. The molecule has 2 aromatic rings. The number of para-hydroxylation sites is 2. The van der Waals surface area contributed by atoms with E-state index in [0.717, 1.165) is 42.9 Å². The second-order valence-corrected chi connectivity index (χ2v) is 4.43. The van der Waals surface area contributed by atoms with Crippen LogP contribution < -0.4 is 10.6 Å². The normalized spacial score (nSPS) is 21.6. The number of piperidine rings is 1. The average Bonchev–Trinajstić information content (AvgIpc) is 2.72. The lowest BCUT2D eigenvalue weighted by atomic mass is 10.1. The number of nitrogens with one attached hydrogen (secondary N) is 1. The fraction of sp³-hybridized carbons (Fsp3) is 0.417. The number of aromatic nitrogens is 2. The van der Waals surface area contributed by atoms with E-state index in [1.165, 1.54) is 0 Å². The average molecular weight is 216 g/mol. The standard InChI is InChI=1S/C12H16N4/c13-9-4-3-7-16(8-9)12-14-10-5-1-2-6-11(10)15-12/h1-2,5-6,9H,3-4,7-8,13H2,(H,14,15)/t9-/m1/s1. The summed E-state index contributed by atoms with van der Waals surface area (Å²) in [5, 5.41) is 0. The Morgan fingerprint density at radius 3 is 3.06 bits per heavy atom. The monoisotopic (exact) mass is 216 g/mol. The Labute approximate surface area is 94.5 Å². The van der Waals surface area contributed by atoms with Gasteiger partial charge in [-0.15, -0.1) is 0 Å². The van der Waals surface area contributed by atoms with Crippen molar-refractivity contribution >= 4 is 17.0 Å². The van der Waals surface area contributed by atoms with Crippen LogP contribution in [0, 0.1) is 0 Å². The van der Waals surface area contributed by atoms with Crippen molar-refractivity contribution in [3.05, 3.63) is 24.3 Å². The van der Waals surface area contributed by atoms with E-state index in [-0.39, 0.29) is 6.04 Å². The zero-order chi connectivity index (χ0) is 11.0. The van der Waals surface area contributed by atoms with Crippen LogP contribution in [0.4, 0.5) is 5.95 Å². The Morgan fingerprint density at radius 1 is 1.38 bits per heavy atom. The van der Waals surface area contributed by atoms with E-state index < -0.39 is 0 Å². The smallest absolute Gasteiger partial charge is 0.203 e. The fourth-order valence-electron chi connectivity index (χ4n) is 2.29. The minimum absolute atomic E-state index is 0.280. The first-order valence-electron chi connectivity index (χ1n) is 5.78. The van der Waals surface area contributed by atoms with Gasteiger partial charge in [-0.05, 0) is 25.0 Å². The Balaban J connectivity index is 1.93. The Bertz CT molecular complexity index is 457. The maximum Gasteiger partial charge on any atom is 0.203 e. The molecule has 2 heterocycles. The Hall–Kier alpha value is -1.55. The number of aromatic amines is 1. The molecule has 1 aromatic heterocycles. The summed E-state index contributed by atoms with van der Waals surface area (Å²) in [5.41, 5.74) is 8.09. The molecular weight excluding hydrogens is 200 g/mol. The molecule has 3 rings (SSSR count). The number of H-pyrrole nitrogens is 1. The van der Waals surface area contributed by atoms with Gasteiger partial charge < -0.3 is 15.6 Å². The second-order valence-electron chi connectivity index (χ2n) is 4.43. The number of hydrogen-bond donors (Lipinski definition) is 2. The molecule has 1 saturated heterocycles. The van der Waals surface area contributed by atoms with Gasteiger partial charge in [-0.3, -0.25) is 0 Å². The topological polar surface area (TPSA) is 57.9 Å². The van der Waals surface area contributed by atoms with Crippen LogP contribution >= 0.6 is 0 Å². The van der Waals surface area contributed by atoms with Gasteiger partial charge >= 0.3 is 0 Å². The summed E-state index contributed by atoms with van der Waals surface area (Å²) in [5.74, 6) is 0.955.